The highest BCUT2D eigenvalue weighted by molar-refractivity contribution is 14.1. The topological polar surface area (TPSA) is 124 Å². The predicted molar refractivity (Wildman–Crippen MR) is 143 cm³/mol. The molecule has 0 bridgehead atoms. The van der Waals surface area contributed by atoms with Crippen molar-refractivity contribution in [1.82, 2.24) is 20.6 Å². The highest BCUT2D eigenvalue weighted by Crippen LogP contribution is 2.32. The molecule has 0 atom stereocenters. The molecule has 2 aromatic carbocycles. The summed E-state index contributed by atoms with van der Waals surface area (Å²) in [5, 5.41) is 2.44. The third kappa shape index (κ3) is 7.09. The Hall–Kier alpha value is -3.02. The zero-order valence-electron chi connectivity index (χ0n) is 20.1. The number of halogens is 5. The molecule has 204 valence electrons. The van der Waals surface area contributed by atoms with Crippen LogP contribution in [0.2, 0.25) is 0 Å². The van der Waals surface area contributed by atoms with Gasteiger partial charge in [0.25, 0.3) is 16.1 Å². The van der Waals surface area contributed by atoms with Crippen LogP contribution < -0.4 is 25.6 Å². The second kappa shape index (κ2) is 12.7. The SMILES string of the molecule is CCCNNC(=O)c1cc(Cc2ccnc(NS(=O)(=O)NC)c2F)c(F)c(F)c1Nc1ccc(I)cc1F. The summed E-state index contributed by atoms with van der Waals surface area (Å²) in [6.45, 7) is 2.22. The lowest BCUT2D eigenvalue weighted by Crippen LogP contribution is -2.38. The van der Waals surface area contributed by atoms with Gasteiger partial charge >= 0.3 is 0 Å². The van der Waals surface area contributed by atoms with Crippen molar-refractivity contribution in [1.29, 1.82) is 0 Å². The summed E-state index contributed by atoms with van der Waals surface area (Å²) >= 11 is 1.88. The third-order valence-corrected chi connectivity index (χ3v) is 6.81. The summed E-state index contributed by atoms with van der Waals surface area (Å²) in [6, 6.07) is 6.16. The minimum atomic E-state index is -4.11. The second-order valence-corrected chi connectivity index (χ2v) is 10.7. The number of hydrogen-bond acceptors (Lipinski definition) is 6. The van der Waals surface area contributed by atoms with Gasteiger partial charge in [0.05, 0.1) is 16.9 Å². The van der Waals surface area contributed by atoms with E-state index in [1.54, 1.807) is 0 Å². The zero-order chi connectivity index (χ0) is 28.0. The fraction of sp³-hybridized carbons (Fsp3) is 0.217. The molecule has 1 aromatic heterocycles. The average molecular weight is 666 g/mol. The number of amides is 1. The van der Waals surface area contributed by atoms with Crippen LogP contribution in [0.4, 0.5) is 34.8 Å². The van der Waals surface area contributed by atoms with E-state index in [9.17, 15) is 22.0 Å². The number of hydrogen-bond donors (Lipinski definition) is 5. The normalized spacial score (nSPS) is 11.3. The molecule has 15 heteroatoms. The lowest BCUT2D eigenvalue weighted by Gasteiger charge is -2.17. The van der Waals surface area contributed by atoms with Crippen molar-refractivity contribution in [2.24, 2.45) is 0 Å². The van der Waals surface area contributed by atoms with Gasteiger partial charge in [0.1, 0.15) is 5.82 Å². The molecule has 38 heavy (non-hydrogen) atoms. The molecule has 0 aliphatic heterocycles. The number of carbonyl (C=O) groups excluding carboxylic acids is 1. The molecule has 0 aliphatic carbocycles. The van der Waals surface area contributed by atoms with Gasteiger partial charge in [0, 0.05) is 29.8 Å². The van der Waals surface area contributed by atoms with Gasteiger partial charge in [0.2, 0.25) is 0 Å². The number of hydrazine groups is 1. The first kappa shape index (κ1) is 29.5. The molecular formula is C23H23F4IN6O3S. The maximum atomic E-state index is 15.4. The Labute approximate surface area is 230 Å². The van der Waals surface area contributed by atoms with Crippen molar-refractivity contribution < 1.29 is 30.8 Å². The largest absolute Gasteiger partial charge is 0.350 e. The van der Waals surface area contributed by atoms with Crippen molar-refractivity contribution in [3.05, 3.63) is 80.1 Å². The predicted octanol–water partition coefficient (Wildman–Crippen LogP) is 4.10. The number of carbonyl (C=O) groups is 1. The maximum absolute atomic E-state index is 15.4. The Kier molecular flexibility index (Phi) is 9.86. The van der Waals surface area contributed by atoms with Crippen LogP contribution in [-0.4, -0.2) is 32.9 Å². The van der Waals surface area contributed by atoms with Crippen LogP contribution in [0.3, 0.4) is 0 Å². The van der Waals surface area contributed by atoms with Crippen molar-refractivity contribution >= 4 is 55.9 Å². The van der Waals surface area contributed by atoms with Gasteiger partial charge in [-0.2, -0.15) is 8.42 Å². The second-order valence-electron chi connectivity index (χ2n) is 7.84. The zero-order valence-corrected chi connectivity index (χ0v) is 23.0. The number of rotatable bonds is 11. The molecule has 0 spiro atoms. The first-order valence-electron chi connectivity index (χ1n) is 11.1. The third-order valence-electron chi connectivity index (χ3n) is 5.14. The summed E-state index contributed by atoms with van der Waals surface area (Å²) < 4.78 is 87.8. The van der Waals surface area contributed by atoms with E-state index >= 15 is 8.78 Å². The Morgan fingerprint density at radius 3 is 2.42 bits per heavy atom. The molecule has 0 radical (unpaired) electrons. The molecular weight excluding hydrogens is 643 g/mol. The highest BCUT2D eigenvalue weighted by atomic mass is 127. The Morgan fingerprint density at radius 2 is 1.76 bits per heavy atom. The molecule has 9 nitrogen and oxygen atoms in total. The molecule has 1 amide bonds. The van der Waals surface area contributed by atoms with Gasteiger partial charge in [-0.15, -0.1) is 0 Å². The van der Waals surface area contributed by atoms with Crippen LogP contribution in [0.15, 0.2) is 36.5 Å². The van der Waals surface area contributed by atoms with Crippen LogP contribution in [0, 0.1) is 26.8 Å². The number of nitrogens with one attached hydrogen (secondary N) is 5. The molecule has 3 aromatic rings. The van der Waals surface area contributed by atoms with Crippen molar-refractivity contribution in [2.45, 2.75) is 19.8 Å². The Balaban J connectivity index is 2.07. The van der Waals surface area contributed by atoms with Crippen LogP contribution in [-0.2, 0) is 16.6 Å². The molecule has 0 saturated carbocycles. The Bertz CT molecular complexity index is 1460. The summed E-state index contributed by atoms with van der Waals surface area (Å²) in [5.74, 6) is -6.30. The summed E-state index contributed by atoms with van der Waals surface area (Å²) in [7, 11) is -3.01. The molecule has 5 N–H and O–H groups in total. The van der Waals surface area contributed by atoms with Gasteiger partial charge in [-0.3, -0.25) is 14.9 Å². The van der Waals surface area contributed by atoms with Crippen LogP contribution >= 0.6 is 22.6 Å². The van der Waals surface area contributed by atoms with E-state index < -0.39 is 62.9 Å². The first-order valence-corrected chi connectivity index (χ1v) is 13.6. The van der Waals surface area contributed by atoms with E-state index in [2.05, 4.69) is 21.2 Å². The van der Waals surface area contributed by atoms with E-state index in [-0.39, 0.29) is 16.8 Å². The molecule has 3 rings (SSSR count). The van der Waals surface area contributed by atoms with E-state index in [0.29, 0.717) is 16.5 Å². The lowest BCUT2D eigenvalue weighted by molar-refractivity contribution is 0.0933. The maximum Gasteiger partial charge on any atom is 0.300 e. The van der Waals surface area contributed by atoms with Gasteiger partial charge in [-0.25, -0.2) is 32.7 Å². The van der Waals surface area contributed by atoms with E-state index in [4.69, 9.17) is 0 Å². The smallest absolute Gasteiger partial charge is 0.300 e. The standard InChI is InChI=1S/C23H23F4IN6O3S/c1-3-7-31-33-23(35)15-10-13(9-12-6-8-30-22(19(12)26)34-38(36,37)29-2)18(25)20(27)21(15)32-17-5-4-14(28)11-16(17)24/h4-6,8,10-11,29,31-32H,3,7,9H2,1-2H3,(H,30,34)(H,33,35). The van der Waals surface area contributed by atoms with Gasteiger partial charge in [-0.1, -0.05) is 6.92 Å². The number of benzene rings is 2. The van der Waals surface area contributed by atoms with Crippen LogP contribution in [0.1, 0.15) is 34.8 Å². The van der Waals surface area contributed by atoms with E-state index in [1.807, 2.05) is 39.0 Å². The minimum Gasteiger partial charge on any atom is -0.350 e. The van der Waals surface area contributed by atoms with Gasteiger partial charge < -0.3 is 5.32 Å². The number of pyridine rings is 1. The summed E-state index contributed by atoms with van der Waals surface area (Å²) in [4.78, 5) is 16.5. The van der Waals surface area contributed by atoms with Crippen LogP contribution in [0.5, 0.6) is 0 Å². The number of aromatic nitrogens is 1. The number of nitrogens with zero attached hydrogens (tertiary/aromatic N) is 1. The molecule has 0 aliphatic rings. The van der Waals surface area contributed by atoms with Gasteiger partial charge in [0.15, 0.2) is 23.3 Å². The van der Waals surface area contributed by atoms with Gasteiger partial charge in [-0.05, 0) is 70.5 Å². The minimum absolute atomic E-state index is 0.200. The molecule has 0 fully saturated rings. The van der Waals surface area contributed by atoms with Crippen molar-refractivity contribution in [3.63, 3.8) is 0 Å². The van der Waals surface area contributed by atoms with E-state index in [0.717, 1.165) is 25.4 Å². The average Bonchev–Trinajstić information content (AvgIpc) is 2.87. The lowest BCUT2D eigenvalue weighted by atomic mass is 9.99. The summed E-state index contributed by atoms with van der Waals surface area (Å²) in [5.41, 5.74) is 3.14. The van der Waals surface area contributed by atoms with E-state index in [1.165, 1.54) is 18.2 Å². The molecule has 1 heterocycles. The molecule has 0 unspecified atom stereocenters. The Morgan fingerprint density at radius 1 is 1.03 bits per heavy atom. The monoisotopic (exact) mass is 666 g/mol. The van der Waals surface area contributed by atoms with Crippen molar-refractivity contribution in [3.8, 4) is 0 Å². The first-order chi connectivity index (χ1) is 18.0. The van der Waals surface area contributed by atoms with Crippen LogP contribution in [0.25, 0.3) is 0 Å². The summed E-state index contributed by atoms with van der Waals surface area (Å²) in [6.07, 6.45) is 1.17. The number of anilines is 3. The molecule has 0 saturated heterocycles. The van der Waals surface area contributed by atoms with Crippen molar-refractivity contribution in [2.75, 3.05) is 23.6 Å². The highest BCUT2D eigenvalue weighted by Gasteiger charge is 2.25. The quantitative estimate of drug-likeness (QED) is 0.0910. The fourth-order valence-electron chi connectivity index (χ4n) is 3.24. The fourth-order valence-corrected chi connectivity index (χ4v) is 4.20.